The monoisotopic (exact) mass is 328 g/mol. The SMILES string of the molecule is COc1ccc([C@]2(CC(C)C)NC(=O)N(c3ccccc3)C2=O)o1. The number of nitrogens with one attached hydrogen (secondary N) is 1. The first kappa shape index (κ1) is 16.1. The first-order valence-electron chi connectivity index (χ1n) is 7.84. The van der Waals surface area contributed by atoms with Gasteiger partial charge in [0.2, 0.25) is 0 Å². The maximum atomic E-state index is 13.2. The summed E-state index contributed by atoms with van der Waals surface area (Å²) in [5, 5.41) is 2.84. The second kappa shape index (κ2) is 6.03. The van der Waals surface area contributed by atoms with Gasteiger partial charge in [0.05, 0.1) is 12.8 Å². The number of methoxy groups -OCH3 is 1. The van der Waals surface area contributed by atoms with Crippen LogP contribution < -0.4 is 15.0 Å². The third-order valence-electron chi connectivity index (χ3n) is 4.02. The van der Waals surface area contributed by atoms with Crippen molar-refractivity contribution in [2.24, 2.45) is 5.92 Å². The fraction of sp³-hybridized carbons (Fsp3) is 0.333. The van der Waals surface area contributed by atoms with E-state index in [1.165, 1.54) is 7.11 Å². The fourth-order valence-corrected chi connectivity index (χ4v) is 3.06. The number of anilines is 1. The van der Waals surface area contributed by atoms with Crippen molar-refractivity contribution < 1.29 is 18.7 Å². The van der Waals surface area contributed by atoms with Crippen LogP contribution in [0.3, 0.4) is 0 Å². The summed E-state index contributed by atoms with van der Waals surface area (Å²) in [6.07, 6.45) is 0.428. The number of urea groups is 1. The molecule has 2 heterocycles. The third kappa shape index (κ3) is 2.54. The van der Waals surface area contributed by atoms with Crippen molar-refractivity contribution in [3.8, 4) is 5.95 Å². The lowest BCUT2D eigenvalue weighted by molar-refractivity contribution is -0.123. The molecular formula is C18H20N2O4. The Morgan fingerprint density at radius 1 is 1.17 bits per heavy atom. The summed E-state index contributed by atoms with van der Waals surface area (Å²) in [7, 11) is 1.49. The maximum absolute atomic E-state index is 13.2. The van der Waals surface area contributed by atoms with E-state index in [0.717, 1.165) is 4.90 Å². The van der Waals surface area contributed by atoms with Crippen molar-refractivity contribution in [2.45, 2.75) is 25.8 Å². The van der Waals surface area contributed by atoms with Crippen LogP contribution in [0.15, 0.2) is 46.9 Å². The predicted molar refractivity (Wildman–Crippen MR) is 88.9 cm³/mol. The number of para-hydroxylation sites is 1. The molecule has 1 N–H and O–H groups in total. The van der Waals surface area contributed by atoms with Crippen LogP contribution in [0.25, 0.3) is 0 Å². The number of hydrogen-bond donors (Lipinski definition) is 1. The van der Waals surface area contributed by atoms with Crippen LogP contribution >= 0.6 is 0 Å². The zero-order valence-electron chi connectivity index (χ0n) is 13.9. The molecule has 126 valence electrons. The van der Waals surface area contributed by atoms with Crippen molar-refractivity contribution >= 4 is 17.6 Å². The van der Waals surface area contributed by atoms with E-state index in [1.54, 1.807) is 36.4 Å². The minimum Gasteiger partial charge on any atom is -0.468 e. The second-order valence-corrected chi connectivity index (χ2v) is 6.23. The Bertz CT molecular complexity index is 753. The summed E-state index contributed by atoms with van der Waals surface area (Å²) in [5.74, 6) is 0.503. The van der Waals surface area contributed by atoms with Crippen molar-refractivity contribution in [1.29, 1.82) is 0 Å². The molecule has 0 bridgehead atoms. The van der Waals surface area contributed by atoms with Gasteiger partial charge in [0, 0.05) is 6.07 Å². The standard InChI is InChI=1S/C18H20N2O4/c1-12(2)11-18(14-9-10-15(23-3)24-14)16(21)20(17(22)19-18)13-7-5-4-6-8-13/h4-10,12H,11H2,1-3H3,(H,19,22)/t18-/m0/s1. The molecule has 0 aliphatic carbocycles. The zero-order chi connectivity index (χ0) is 17.3. The van der Waals surface area contributed by atoms with E-state index in [2.05, 4.69) is 5.32 Å². The number of imide groups is 1. The van der Waals surface area contributed by atoms with E-state index in [1.807, 2.05) is 19.9 Å². The van der Waals surface area contributed by atoms with Gasteiger partial charge in [0.1, 0.15) is 5.76 Å². The Balaban J connectivity index is 2.06. The largest absolute Gasteiger partial charge is 0.468 e. The van der Waals surface area contributed by atoms with Gasteiger partial charge in [-0.2, -0.15) is 0 Å². The van der Waals surface area contributed by atoms with E-state index in [9.17, 15) is 9.59 Å². The number of nitrogens with zero attached hydrogens (tertiary/aromatic N) is 1. The molecule has 0 spiro atoms. The molecule has 1 atom stereocenters. The summed E-state index contributed by atoms with van der Waals surface area (Å²) >= 11 is 0. The number of rotatable bonds is 5. The summed E-state index contributed by atoms with van der Waals surface area (Å²) in [4.78, 5) is 26.9. The lowest BCUT2D eigenvalue weighted by Gasteiger charge is -2.26. The number of benzene rings is 1. The zero-order valence-corrected chi connectivity index (χ0v) is 13.9. The average molecular weight is 328 g/mol. The van der Waals surface area contributed by atoms with Crippen LogP contribution in [0.4, 0.5) is 10.5 Å². The van der Waals surface area contributed by atoms with E-state index in [4.69, 9.17) is 9.15 Å². The summed E-state index contributed by atoms with van der Waals surface area (Å²) in [6, 6.07) is 11.7. The van der Waals surface area contributed by atoms with Gasteiger partial charge in [-0.25, -0.2) is 9.69 Å². The fourth-order valence-electron chi connectivity index (χ4n) is 3.06. The molecule has 1 fully saturated rings. The van der Waals surface area contributed by atoms with Gasteiger partial charge >= 0.3 is 6.03 Å². The minimum atomic E-state index is -1.22. The molecule has 0 saturated carbocycles. The molecule has 1 aliphatic heterocycles. The lowest BCUT2D eigenvalue weighted by Crippen LogP contribution is -2.44. The first-order chi connectivity index (χ1) is 11.5. The highest BCUT2D eigenvalue weighted by Gasteiger charge is 2.55. The molecule has 1 saturated heterocycles. The molecule has 6 nitrogen and oxygen atoms in total. The molecule has 0 unspecified atom stereocenters. The minimum absolute atomic E-state index is 0.168. The Morgan fingerprint density at radius 3 is 2.46 bits per heavy atom. The Labute approximate surface area is 140 Å². The molecule has 6 heteroatoms. The summed E-state index contributed by atoms with van der Waals surface area (Å²) < 4.78 is 10.7. The van der Waals surface area contributed by atoms with Crippen molar-refractivity contribution in [2.75, 3.05) is 12.0 Å². The molecule has 1 aromatic heterocycles. The highest BCUT2D eigenvalue weighted by Crippen LogP contribution is 2.39. The number of ether oxygens (including phenoxy) is 1. The molecule has 3 rings (SSSR count). The smallest absolute Gasteiger partial charge is 0.330 e. The quantitative estimate of drug-likeness (QED) is 0.855. The van der Waals surface area contributed by atoms with Crippen molar-refractivity contribution in [3.63, 3.8) is 0 Å². The molecule has 0 radical (unpaired) electrons. The van der Waals surface area contributed by atoms with Gasteiger partial charge in [-0.05, 0) is 30.5 Å². The topological polar surface area (TPSA) is 71.8 Å². The van der Waals surface area contributed by atoms with Gasteiger partial charge in [-0.1, -0.05) is 32.0 Å². The molecule has 3 amide bonds. The van der Waals surface area contributed by atoms with Gasteiger partial charge in [-0.3, -0.25) is 4.79 Å². The number of hydrogen-bond acceptors (Lipinski definition) is 4. The average Bonchev–Trinajstić information content (AvgIpc) is 3.12. The lowest BCUT2D eigenvalue weighted by atomic mass is 9.86. The van der Waals surface area contributed by atoms with E-state index < -0.39 is 11.6 Å². The maximum Gasteiger partial charge on any atom is 0.330 e. The normalized spacial score (nSPS) is 20.6. The molecule has 1 aromatic carbocycles. The van der Waals surface area contributed by atoms with Crippen LogP contribution in [-0.2, 0) is 10.3 Å². The van der Waals surface area contributed by atoms with Crippen LogP contribution in [0.1, 0.15) is 26.0 Å². The molecule has 2 aromatic rings. The van der Waals surface area contributed by atoms with E-state index in [0.29, 0.717) is 23.8 Å². The van der Waals surface area contributed by atoms with Crippen LogP contribution in [0, 0.1) is 5.92 Å². The van der Waals surface area contributed by atoms with E-state index in [-0.39, 0.29) is 11.8 Å². The second-order valence-electron chi connectivity index (χ2n) is 6.23. The van der Waals surface area contributed by atoms with Gasteiger partial charge in [0.15, 0.2) is 5.54 Å². The van der Waals surface area contributed by atoms with Crippen molar-refractivity contribution in [3.05, 3.63) is 48.2 Å². The Hall–Kier alpha value is -2.76. The van der Waals surface area contributed by atoms with Crippen LogP contribution in [0.2, 0.25) is 0 Å². The number of carbonyl (C=O) groups is 2. The highest BCUT2D eigenvalue weighted by molar-refractivity contribution is 6.23. The Kier molecular flexibility index (Phi) is 4.05. The number of carbonyl (C=O) groups excluding carboxylic acids is 2. The predicted octanol–water partition coefficient (Wildman–Crippen LogP) is 3.29. The van der Waals surface area contributed by atoms with Crippen molar-refractivity contribution in [1.82, 2.24) is 5.32 Å². The van der Waals surface area contributed by atoms with Crippen LogP contribution in [-0.4, -0.2) is 19.0 Å². The van der Waals surface area contributed by atoms with E-state index >= 15 is 0 Å². The van der Waals surface area contributed by atoms with Gasteiger partial charge in [-0.15, -0.1) is 0 Å². The van der Waals surface area contributed by atoms with Gasteiger partial charge in [0.25, 0.3) is 11.9 Å². The Morgan fingerprint density at radius 2 is 1.88 bits per heavy atom. The number of furan rings is 1. The third-order valence-corrected chi connectivity index (χ3v) is 4.02. The summed E-state index contributed by atoms with van der Waals surface area (Å²) in [6.45, 7) is 3.99. The first-order valence-corrected chi connectivity index (χ1v) is 7.84. The molecule has 1 aliphatic rings. The highest BCUT2D eigenvalue weighted by atomic mass is 16.6. The van der Waals surface area contributed by atoms with Crippen LogP contribution in [0.5, 0.6) is 5.95 Å². The number of amides is 3. The summed E-state index contributed by atoms with van der Waals surface area (Å²) in [5.41, 5.74) is -0.693. The molecular weight excluding hydrogens is 308 g/mol. The van der Waals surface area contributed by atoms with Gasteiger partial charge < -0.3 is 14.5 Å². The molecule has 24 heavy (non-hydrogen) atoms.